The van der Waals surface area contributed by atoms with Gasteiger partial charge < -0.3 is 10.6 Å². The topological polar surface area (TPSA) is 75.5 Å². The first-order valence-electron chi connectivity index (χ1n) is 12.4. The number of rotatable bonds is 3. The Morgan fingerprint density at radius 2 is 1.03 bits per heavy atom. The Morgan fingerprint density at radius 1 is 0.553 bits per heavy atom. The molecule has 4 N–H and O–H groups in total. The number of hydrazine groups is 1. The summed E-state index contributed by atoms with van der Waals surface area (Å²) in [6, 6.07) is 44.1. The zero-order valence-electron chi connectivity index (χ0n) is 20.6. The molecule has 0 atom stereocenters. The minimum Gasteiger partial charge on any atom is -0.355 e. The quantitative estimate of drug-likeness (QED) is 0.154. The van der Waals surface area contributed by atoms with Gasteiger partial charge in [0, 0.05) is 33.9 Å². The summed E-state index contributed by atoms with van der Waals surface area (Å²) in [5.74, 6) is 0.740. The molecule has 0 fully saturated rings. The molecule has 1 aliphatic rings. The van der Waals surface area contributed by atoms with Crippen molar-refractivity contribution in [2.24, 2.45) is 4.99 Å². The molecule has 5 aromatic carbocycles. The minimum atomic E-state index is 0.177. The second-order valence-electron chi connectivity index (χ2n) is 8.92. The molecule has 0 amide bonds. The van der Waals surface area contributed by atoms with Crippen molar-refractivity contribution >= 4 is 45.8 Å². The maximum Gasteiger partial charge on any atom is 0.154 e. The van der Waals surface area contributed by atoms with Crippen LogP contribution in [0.4, 0.5) is 34.1 Å². The van der Waals surface area contributed by atoms with Gasteiger partial charge >= 0.3 is 0 Å². The number of amidine groups is 2. The molecule has 6 rings (SSSR count). The summed E-state index contributed by atoms with van der Waals surface area (Å²) < 4.78 is 0. The Bertz CT molecular complexity index is 1550. The van der Waals surface area contributed by atoms with Crippen LogP contribution < -0.4 is 21.1 Å². The van der Waals surface area contributed by atoms with E-state index in [0.717, 1.165) is 45.3 Å². The van der Waals surface area contributed by atoms with E-state index in [1.807, 2.05) is 120 Å². The van der Waals surface area contributed by atoms with Crippen molar-refractivity contribution in [3.63, 3.8) is 0 Å². The van der Waals surface area contributed by atoms with Gasteiger partial charge in [0.15, 0.2) is 11.7 Å². The molecule has 1 heterocycles. The number of aliphatic imine (C=N–C) groups is 1. The predicted molar refractivity (Wildman–Crippen MR) is 157 cm³/mol. The Morgan fingerprint density at radius 3 is 1.58 bits per heavy atom. The van der Waals surface area contributed by atoms with E-state index in [1.54, 1.807) is 0 Å². The highest BCUT2D eigenvalue weighted by atomic mass is 15.5. The van der Waals surface area contributed by atoms with Crippen molar-refractivity contribution in [1.29, 1.82) is 5.41 Å². The molecule has 184 valence electrons. The molecular weight excluding hydrogens is 468 g/mol. The monoisotopic (exact) mass is 494 g/mol. The molecule has 6 bridgehead atoms. The van der Waals surface area contributed by atoms with Crippen LogP contribution >= 0.6 is 0 Å². The van der Waals surface area contributed by atoms with Crippen LogP contribution in [0.3, 0.4) is 0 Å². The Kier molecular flexibility index (Phi) is 6.27. The number of hydrogen-bond acceptors (Lipinski definition) is 4. The minimum absolute atomic E-state index is 0.177. The van der Waals surface area contributed by atoms with Gasteiger partial charge in [-0.05, 0) is 54.6 Å². The van der Waals surface area contributed by atoms with E-state index < -0.39 is 0 Å². The zero-order valence-corrected chi connectivity index (χ0v) is 20.6. The van der Waals surface area contributed by atoms with Gasteiger partial charge in [0.25, 0.3) is 0 Å². The molecule has 1 aliphatic heterocycles. The van der Waals surface area contributed by atoms with E-state index in [-0.39, 0.29) is 5.84 Å². The number of nitrogens with one attached hydrogen (secondary N) is 4. The highest BCUT2D eigenvalue weighted by Gasteiger charge is 2.16. The molecule has 0 unspecified atom stereocenters. The number of anilines is 6. The van der Waals surface area contributed by atoms with Gasteiger partial charge in [-0.2, -0.15) is 0 Å². The summed E-state index contributed by atoms with van der Waals surface area (Å²) in [7, 11) is 0. The summed E-state index contributed by atoms with van der Waals surface area (Å²) in [4.78, 5) is 4.76. The number of benzene rings is 5. The van der Waals surface area contributed by atoms with Crippen LogP contribution in [0.25, 0.3) is 0 Å². The van der Waals surface area contributed by atoms with Crippen LogP contribution in [0.5, 0.6) is 0 Å². The van der Waals surface area contributed by atoms with Crippen LogP contribution in [0.1, 0.15) is 11.1 Å². The number of nitrogens with zero attached hydrogens (tertiary/aromatic N) is 2. The van der Waals surface area contributed by atoms with Crippen LogP contribution in [0, 0.1) is 5.41 Å². The standard InChI is InChI=1S/C32H26N6/c33-31(23-10-3-1-4-11-23)36-32(24-12-5-2-6-13-24)37-38-29-18-8-16-27(21-29)34-25-14-7-15-26(20-25)35-28-17-9-19-30(38)22-28/h1-22,34-35H,(H2,33,36,37). The van der Waals surface area contributed by atoms with Gasteiger partial charge in [0.2, 0.25) is 0 Å². The van der Waals surface area contributed by atoms with Crippen molar-refractivity contribution in [2.45, 2.75) is 0 Å². The third-order valence-electron chi connectivity index (χ3n) is 6.18. The molecule has 0 aliphatic carbocycles. The van der Waals surface area contributed by atoms with Gasteiger partial charge in [-0.1, -0.05) is 78.9 Å². The lowest BCUT2D eigenvalue weighted by Gasteiger charge is -2.29. The summed E-state index contributed by atoms with van der Waals surface area (Å²) >= 11 is 0. The van der Waals surface area contributed by atoms with Crippen LogP contribution in [-0.4, -0.2) is 11.7 Å². The van der Waals surface area contributed by atoms with Crippen molar-refractivity contribution in [3.05, 3.63) is 145 Å². The lowest BCUT2D eigenvalue weighted by molar-refractivity contribution is 0.932. The van der Waals surface area contributed by atoms with E-state index in [0.29, 0.717) is 5.84 Å². The Hall–Kier alpha value is -5.36. The van der Waals surface area contributed by atoms with Crippen molar-refractivity contribution in [3.8, 4) is 0 Å². The highest BCUT2D eigenvalue weighted by molar-refractivity contribution is 6.11. The maximum atomic E-state index is 8.71. The Balaban J connectivity index is 1.47. The molecule has 0 radical (unpaired) electrons. The smallest absolute Gasteiger partial charge is 0.154 e. The first-order valence-corrected chi connectivity index (χ1v) is 12.4. The maximum absolute atomic E-state index is 8.71. The molecule has 0 saturated carbocycles. The van der Waals surface area contributed by atoms with Crippen molar-refractivity contribution in [1.82, 2.24) is 5.43 Å². The average molecular weight is 495 g/mol. The van der Waals surface area contributed by atoms with Crippen LogP contribution in [0.15, 0.2) is 138 Å². The molecule has 5 aromatic rings. The van der Waals surface area contributed by atoms with Crippen LogP contribution in [0.2, 0.25) is 0 Å². The van der Waals surface area contributed by atoms with E-state index >= 15 is 0 Å². The molecule has 38 heavy (non-hydrogen) atoms. The summed E-state index contributed by atoms with van der Waals surface area (Å²) in [6.07, 6.45) is 0. The summed E-state index contributed by atoms with van der Waals surface area (Å²) in [5.41, 5.74) is 10.9. The Labute approximate surface area is 221 Å². The third-order valence-corrected chi connectivity index (χ3v) is 6.18. The third kappa shape index (κ3) is 5.10. The molecule has 0 spiro atoms. The molecule has 6 nitrogen and oxygen atoms in total. The zero-order chi connectivity index (χ0) is 25.7. The van der Waals surface area contributed by atoms with Gasteiger partial charge in [-0.25, -0.2) is 4.99 Å². The van der Waals surface area contributed by atoms with E-state index in [1.165, 1.54) is 0 Å². The summed E-state index contributed by atoms with van der Waals surface area (Å²) in [5, 5.41) is 17.7. The number of hydrogen-bond donors (Lipinski definition) is 4. The molecular formula is C32H26N6. The fraction of sp³-hybridized carbons (Fsp3) is 0. The molecule has 0 aromatic heterocycles. The fourth-order valence-electron chi connectivity index (χ4n) is 4.36. The normalized spacial score (nSPS) is 12.3. The predicted octanol–water partition coefficient (Wildman–Crippen LogP) is 7.60. The van der Waals surface area contributed by atoms with E-state index in [9.17, 15) is 0 Å². The fourth-order valence-corrected chi connectivity index (χ4v) is 4.36. The highest BCUT2D eigenvalue weighted by Crippen LogP contribution is 2.32. The molecule has 0 saturated heterocycles. The number of fused-ring (bicyclic) bond motifs is 6. The second kappa shape index (κ2) is 10.3. The van der Waals surface area contributed by atoms with Gasteiger partial charge in [0.05, 0.1) is 11.4 Å². The molecule has 6 heteroatoms. The largest absolute Gasteiger partial charge is 0.355 e. The first-order chi connectivity index (χ1) is 18.7. The lowest BCUT2D eigenvalue weighted by Crippen LogP contribution is -2.40. The van der Waals surface area contributed by atoms with Gasteiger partial charge in [0.1, 0.15) is 0 Å². The van der Waals surface area contributed by atoms with E-state index in [2.05, 4.69) is 34.3 Å². The first kappa shape index (κ1) is 23.1. The lowest BCUT2D eigenvalue weighted by atomic mass is 10.1. The van der Waals surface area contributed by atoms with Crippen molar-refractivity contribution in [2.75, 3.05) is 15.6 Å². The van der Waals surface area contributed by atoms with E-state index in [4.69, 9.17) is 10.4 Å². The second-order valence-corrected chi connectivity index (χ2v) is 8.92. The van der Waals surface area contributed by atoms with Gasteiger partial charge in [-0.3, -0.25) is 15.8 Å². The van der Waals surface area contributed by atoms with Crippen LogP contribution in [-0.2, 0) is 0 Å². The average Bonchev–Trinajstić information content (AvgIpc) is 2.96. The van der Waals surface area contributed by atoms with Gasteiger partial charge in [-0.15, -0.1) is 0 Å². The SMILES string of the molecule is N=C(N=C(NN1c2cccc(c2)Nc2cccc(c2)Nc2cccc1c2)c1ccccc1)c1ccccc1. The summed E-state index contributed by atoms with van der Waals surface area (Å²) in [6.45, 7) is 0. The van der Waals surface area contributed by atoms with Crippen molar-refractivity contribution < 1.29 is 0 Å².